The van der Waals surface area contributed by atoms with Gasteiger partial charge in [0.2, 0.25) is 0 Å². The first kappa shape index (κ1) is 16.6. The summed E-state index contributed by atoms with van der Waals surface area (Å²) in [5, 5.41) is 2.15. The van der Waals surface area contributed by atoms with E-state index in [4.69, 9.17) is 11.6 Å². The van der Waals surface area contributed by atoms with Crippen LogP contribution in [0.15, 0.2) is 54.7 Å². The highest BCUT2D eigenvalue weighted by Crippen LogP contribution is 2.38. The number of halogens is 1. The maximum Gasteiger partial charge on any atom is 0.256 e. The van der Waals surface area contributed by atoms with Crippen LogP contribution < -0.4 is 0 Å². The number of H-pyrrole nitrogens is 1. The van der Waals surface area contributed by atoms with Crippen LogP contribution in [0.5, 0.6) is 0 Å². The Balaban J connectivity index is 1.53. The van der Waals surface area contributed by atoms with Crippen molar-refractivity contribution in [1.29, 1.82) is 0 Å². The third-order valence-electron chi connectivity index (χ3n) is 4.70. The van der Waals surface area contributed by atoms with E-state index in [0.717, 1.165) is 46.8 Å². The molecule has 1 atom stereocenters. The number of para-hydroxylation sites is 1. The quantitative estimate of drug-likeness (QED) is 0.677. The predicted octanol–water partition coefficient (Wildman–Crippen LogP) is 5.14. The lowest BCUT2D eigenvalue weighted by Crippen LogP contribution is -2.32. The Bertz CT molecular complexity index is 907. The first-order chi connectivity index (χ1) is 12.2. The monoisotopic (exact) mass is 370 g/mol. The largest absolute Gasteiger partial charge is 0.360 e. The van der Waals surface area contributed by atoms with Crippen LogP contribution in [0.3, 0.4) is 0 Å². The third kappa shape index (κ3) is 3.29. The van der Waals surface area contributed by atoms with Gasteiger partial charge >= 0.3 is 0 Å². The fraction of sp³-hybridized carbons (Fsp3) is 0.250. The van der Waals surface area contributed by atoms with Crippen LogP contribution >= 0.6 is 23.4 Å². The van der Waals surface area contributed by atoms with Crippen LogP contribution in [0, 0.1) is 0 Å². The summed E-state index contributed by atoms with van der Waals surface area (Å²) in [6.07, 6.45) is 2.75. The van der Waals surface area contributed by atoms with E-state index < -0.39 is 0 Å². The second kappa shape index (κ2) is 7.14. The van der Waals surface area contributed by atoms with Crippen molar-refractivity contribution in [1.82, 2.24) is 9.88 Å². The summed E-state index contributed by atoms with van der Waals surface area (Å²) in [6, 6.07) is 16.0. The standard InChI is InChI=1S/C20H19ClN2OS/c21-17-7-3-1-6-15(17)19-9-10-23(11-12-25-19)20(24)16-13-22-18-8-4-2-5-14(16)18/h1-8,13,19,22H,9-12H2/t19-/m0/s1. The molecule has 0 unspecified atom stereocenters. The number of nitrogens with zero attached hydrogens (tertiary/aromatic N) is 1. The van der Waals surface area contributed by atoms with Crippen LogP contribution in [0.25, 0.3) is 10.9 Å². The Morgan fingerprint density at radius 2 is 1.92 bits per heavy atom. The van der Waals surface area contributed by atoms with Crippen LogP contribution in [-0.4, -0.2) is 34.6 Å². The number of nitrogens with one attached hydrogen (secondary N) is 1. The summed E-state index contributed by atoms with van der Waals surface area (Å²) in [4.78, 5) is 18.2. The molecule has 1 N–H and O–H groups in total. The topological polar surface area (TPSA) is 36.1 Å². The minimum absolute atomic E-state index is 0.109. The molecule has 0 saturated carbocycles. The van der Waals surface area contributed by atoms with Gasteiger partial charge in [-0.3, -0.25) is 4.79 Å². The number of thioether (sulfide) groups is 1. The zero-order valence-corrected chi connectivity index (χ0v) is 15.3. The van der Waals surface area contributed by atoms with Crippen molar-refractivity contribution in [3.8, 4) is 0 Å². The van der Waals surface area contributed by atoms with Gasteiger partial charge in [0.15, 0.2) is 0 Å². The number of carbonyl (C=O) groups is 1. The van der Waals surface area contributed by atoms with Crippen molar-refractivity contribution in [3.63, 3.8) is 0 Å². The van der Waals surface area contributed by atoms with Gasteiger partial charge in [-0.2, -0.15) is 11.8 Å². The van der Waals surface area contributed by atoms with Gasteiger partial charge in [0.05, 0.1) is 5.56 Å². The zero-order valence-electron chi connectivity index (χ0n) is 13.7. The lowest BCUT2D eigenvalue weighted by atomic mass is 10.1. The van der Waals surface area contributed by atoms with E-state index in [2.05, 4.69) is 11.1 Å². The number of amides is 1. The first-order valence-corrected chi connectivity index (χ1v) is 9.88. The number of hydrogen-bond donors (Lipinski definition) is 1. The maximum atomic E-state index is 13.0. The number of aromatic amines is 1. The molecule has 1 saturated heterocycles. The molecule has 1 amide bonds. The Kier molecular flexibility index (Phi) is 4.73. The summed E-state index contributed by atoms with van der Waals surface area (Å²) in [5.74, 6) is 1.03. The van der Waals surface area contributed by atoms with Gasteiger partial charge < -0.3 is 9.88 Å². The molecule has 128 valence electrons. The summed E-state index contributed by atoms with van der Waals surface area (Å²) >= 11 is 8.25. The SMILES string of the molecule is O=C(c1c[nH]c2ccccc12)N1CCS[C@H](c2ccccc2Cl)CC1. The van der Waals surface area contributed by atoms with Crippen molar-refractivity contribution in [2.75, 3.05) is 18.8 Å². The molecule has 0 radical (unpaired) electrons. The molecule has 5 heteroatoms. The summed E-state index contributed by atoms with van der Waals surface area (Å²) < 4.78 is 0. The summed E-state index contributed by atoms with van der Waals surface area (Å²) in [7, 11) is 0. The Morgan fingerprint density at radius 3 is 2.80 bits per heavy atom. The van der Waals surface area contributed by atoms with Gasteiger partial charge in [0, 0.05) is 46.2 Å². The van der Waals surface area contributed by atoms with Gasteiger partial charge in [-0.25, -0.2) is 0 Å². The van der Waals surface area contributed by atoms with E-state index in [-0.39, 0.29) is 5.91 Å². The van der Waals surface area contributed by atoms with Gasteiger partial charge in [0.1, 0.15) is 0 Å². The number of rotatable bonds is 2. The van der Waals surface area contributed by atoms with Gasteiger partial charge in [-0.05, 0) is 24.1 Å². The Morgan fingerprint density at radius 1 is 1.12 bits per heavy atom. The number of hydrogen-bond acceptors (Lipinski definition) is 2. The molecule has 1 aliphatic rings. The molecular formula is C20H19ClN2OS. The van der Waals surface area contributed by atoms with Crippen molar-refractivity contribution in [3.05, 3.63) is 70.9 Å². The average Bonchev–Trinajstić information content (AvgIpc) is 2.91. The van der Waals surface area contributed by atoms with E-state index >= 15 is 0 Å². The molecule has 2 aromatic carbocycles. The lowest BCUT2D eigenvalue weighted by Gasteiger charge is -2.20. The van der Waals surface area contributed by atoms with E-state index in [0.29, 0.717) is 5.25 Å². The van der Waals surface area contributed by atoms with Crippen LogP contribution in [0.2, 0.25) is 5.02 Å². The highest BCUT2D eigenvalue weighted by Gasteiger charge is 2.25. The molecule has 3 aromatic rings. The van der Waals surface area contributed by atoms with E-state index in [1.807, 2.05) is 65.3 Å². The molecule has 4 rings (SSSR count). The molecular weight excluding hydrogens is 352 g/mol. The van der Waals surface area contributed by atoms with Crippen molar-refractivity contribution >= 4 is 40.2 Å². The lowest BCUT2D eigenvalue weighted by molar-refractivity contribution is 0.0768. The molecule has 0 bridgehead atoms. The Hall–Kier alpha value is -1.91. The second-order valence-electron chi connectivity index (χ2n) is 6.21. The first-order valence-electron chi connectivity index (χ1n) is 8.45. The molecule has 1 aliphatic heterocycles. The fourth-order valence-electron chi connectivity index (χ4n) is 3.38. The third-order valence-corrected chi connectivity index (χ3v) is 6.35. The molecule has 25 heavy (non-hydrogen) atoms. The fourth-order valence-corrected chi connectivity index (χ4v) is 4.98. The highest BCUT2D eigenvalue weighted by molar-refractivity contribution is 7.99. The normalized spacial score (nSPS) is 18.3. The van der Waals surface area contributed by atoms with Crippen molar-refractivity contribution in [2.45, 2.75) is 11.7 Å². The minimum Gasteiger partial charge on any atom is -0.360 e. The molecule has 1 aromatic heterocycles. The van der Waals surface area contributed by atoms with Crippen LogP contribution in [0.4, 0.5) is 0 Å². The maximum absolute atomic E-state index is 13.0. The number of fused-ring (bicyclic) bond motifs is 1. The molecule has 2 heterocycles. The number of benzene rings is 2. The Labute approximate surface area is 156 Å². The van der Waals surface area contributed by atoms with Crippen LogP contribution in [0.1, 0.15) is 27.6 Å². The minimum atomic E-state index is 0.109. The predicted molar refractivity (Wildman–Crippen MR) is 105 cm³/mol. The second-order valence-corrected chi connectivity index (χ2v) is 7.93. The molecule has 0 aliphatic carbocycles. The van der Waals surface area contributed by atoms with Crippen molar-refractivity contribution in [2.24, 2.45) is 0 Å². The number of aromatic nitrogens is 1. The molecule has 3 nitrogen and oxygen atoms in total. The van der Waals surface area contributed by atoms with E-state index in [1.165, 1.54) is 5.56 Å². The van der Waals surface area contributed by atoms with Crippen molar-refractivity contribution < 1.29 is 4.79 Å². The molecule has 0 spiro atoms. The summed E-state index contributed by atoms with van der Waals surface area (Å²) in [6.45, 7) is 1.52. The van der Waals surface area contributed by atoms with E-state index in [1.54, 1.807) is 0 Å². The van der Waals surface area contributed by atoms with Gasteiger partial charge in [-0.1, -0.05) is 48.0 Å². The zero-order chi connectivity index (χ0) is 17.2. The molecule has 1 fully saturated rings. The van der Waals surface area contributed by atoms with E-state index in [9.17, 15) is 4.79 Å². The number of carbonyl (C=O) groups excluding carboxylic acids is 1. The smallest absolute Gasteiger partial charge is 0.256 e. The average molecular weight is 371 g/mol. The van der Waals surface area contributed by atoms with Gasteiger partial charge in [0.25, 0.3) is 5.91 Å². The summed E-state index contributed by atoms with van der Waals surface area (Å²) in [5.41, 5.74) is 2.94. The van der Waals surface area contributed by atoms with Crippen LogP contribution in [-0.2, 0) is 0 Å². The highest BCUT2D eigenvalue weighted by atomic mass is 35.5. The van der Waals surface area contributed by atoms with Gasteiger partial charge in [-0.15, -0.1) is 0 Å².